The number of nitrogens with zero attached hydrogens (tertiary/aromatic N) is 8. The SMILES string of the molecule is CC(=O)OOC(C)=O.CI.COC(=O)C1CN(Cc2ccccc2)CCC1=O.COC(=O)C1CN(Cc2ccccc2)CCC1=O.COC(=O)C1CNCCC1=O.CSC1=NCCN1.Cl.Clc1cccc(CNC2CCC=N2)c1.NCc1cccc(Cl)c1.O=C1C2=C(CCN(Cc3ccccc3)C2)N2CCN=C2N1Cc1cccc(Cl)c1.O=Cc1ccccc1.S=C1NCCN1.[B-]OC(C)=O.[HH].[I-].[Na+]. The third-order valence-corrected chi connectivity index (χ3v) is 22.0. The molecule has 4 atom stereocenters. The first-order valence-corrected chi connectivity index (χ1v) is 48.4. The number of fused-ring (bicyclic) bond motifs is 2. The normalized spacial score (nSPS) is 17.2. The molecule has 3 radical (unpaired) electrons. The number of ether oxygens (including phenoxy) is 3. The number of likely N-dealkylation sites (tertiary alicyclic amines) is 2. The molecular weight excluding hydrogens is 2130 g/mol. The topological polar surface area (TPSA) is 383 Å². The number of aldehydes is 1. The van der Waals surface area contributed by atoms with E-state index in [1.807, 2.05) is 174 Å². The first-order chi connectivity index (χ1) is 65.2. The Morgan fingerprint density at radius 1 is 0.565 bits per heavy atom. The summed E-state index contributed by atoms with van der Waals surface area (Å²) in [5.41, 5.74) is 15.1. The summed E-state index contributed by atoms with van der Waals surface area (Å²) in [6.07, 6.45) is 9.51. The van der Waals surface area contributed by atoms with Crippen molar-refractivity contribution in [1.29, 1.82) is 0 Å². The van der Waals surface area contributed by atoms with Crippen LogP contribution in [0, 0.1) is 17.8 Å². The fraction of sp³-hybridized carbons (Fsp3) is 0.392. The predicted molar refractivity (Wildman–Crippen MR) is 550 cm³/mol. The van der Waals surface area contributed by atoms with Crippen LogP contribution in [0.5, 0.6) is 0 Å². The number of hydrogen-bond donors (Lipinski definition) is 6. The van der Waals surface area contributed by atoms with Crippen molar-refractivity contribution in [3.63, 3.8) is 0 Å². The molecule has 4 unspecified atom stereocenters. The van der Waals surface area contributed by atoms with E-state index in [-0.39, 0.29) is 90.6 Å². The molecule has 138 heavy (non-hydrogen) atoms. The van der Waals surface area contributed by atoms with Crippen LogP contribution < -0.4 is 85.9 Å². The number of ketones is 3. The van der Waals surface area contributed by atoms with E-state index >= 15 is 0 Å². The molecule has 0 bridgehead atoms. The van der Waals surface area contributed by atoms with Gasteiger partial charge in [-0.05, 0) is 106 Å². The molecule has 7 aromatic rings. The Hall–Kier alpha value is -8.66. The van der Waals surface area contributed by atoms with E-state index in [1.165, 1.54) is 50.5 Å². The zero-order valence-corrected chi connectivity index (χ0v) is 90.1. The Morgan fingerprint density at radius 3 is 1.40 bits per heavy atom. The molecule has 9 aliphatic heterocycles. The number of piperidine rings is 3. The van der Waals surface area contributed by atoms with Crippen molar-refractivity contribution in [3.8, 4) is 0 Å². The maximum Gasteiger partial charge on any atom is 1.00 e. The molecule has 743 valence electrons. The first kappa shape index (κ1) is 125. The number of nitrogens with one attached hydrogen (secondary N) is 5. The summed E-state index contributed by atoms with van der Waals surface area (Å²) in [5, 5.41) is 19.4. The van der Waals surface area contributed by atoms with Crippen molar-refractivity contribution in [3.05, 3.63) is 259 Å². The minimum Gasteiger partial charge on any atom is -1.00 e. The number of benzene rings is 7. The van der Waals surface area contributed by atoms with Crippen molar-refractivity contribution >= 4 is 190 Å². The zero-order valence-electron chi connectivity index (χ0n) is 79.1. The van der Waals surface area contributed by atoms with Gasteiger partial charge < -0.3 is 82.8 Å². The number of thioether (sulfide) groups is 1. The number of aliphatic imine (C=N–C) groups is 3. The number of amidine groups is 1. The number of amides is 1. The van der Waals surface area contributed by atoms with Gasteiger partial charge in [-0.15, -0.1) is 12.4 Å². The number of methoxy groups -OCH3 is 3. The molecule has 4 saturated heterocycles. The second kappa shape index (κ2) is 73.4. The molecule has 1 amide bonds. The summed E-state index contributed by atoms with van der Waals surface area (Å²) < 4.78 is 17.4. The van der Waals surface area contributed by atoms with Crippen molar-refractivity contribution in [2.24, 2.45) is 38.5 Å². The van der Waals surface area contributed by atoms with Gasteiger partial charge in [0.1, 0.15) is 41.4 Å². The number of nitrogens with two attached hydrogens (primary N) is 1. The van der Waals surface area contributed by atoms with Crippen molar-refractivity contribution in [2.45, 2.75) is 105 Å². The third-order valence-electron chi connectivity index (χ3n) is 20.3. The number of rotatable bonds is 16. The standard InChI is InChI=1S/C23H23ClN4O.2C14H17NO3.C11H13ClN2.C7H8ClN.C7H11NO3.C7H6O.C4H8N2S.C4H6O4.C3H6N2S.C2H3BO2.CH3I.ClH.HI.Na.H2/c24-19-8-4-7-18(13-19)15-28-22(29)20-16-26(14-17-5-2-1-3-6-17)11-9-21(20)27-12-10-25-23(27)28;2*1-18-14(17)12-10-15(8-7-13(12)16)9-11-5-3-2-4-6-11;12-10-4-1-3-9(7-10)8-14-11-5-2-6-13-11;8-7-3-1-2-6(4-7)5-9;1-11-7(10)5-4-8-3-2-6(5)9;8-6-7-4-2-1-3-5-7;1-7-4-5-2-3-6-4;1-3(5)7-8-4(2)6;6-3-4-1-2-5-3;1-2(4)5-3;1-2;;;;/h1-8,13H,9-12,14-16H2;2*2-6,12H,7-10H2,1H3;1,3-4,6-7,11,14H,2,5,8H2;1-4H,5,9H2;5,8H,2-4H2,1H3;1-6H;2-3H2,1H3,(H,5,6);1-2H3;1-2H2,(H2,4,5,6);1H3;1H3;2*1H;;1H/q;;;;;;;;;;-1;;;;+1;/p-1. The number of Topliss-reactive ketones (excluding diaryl/α,β-unsaturated/α-hetero) is 3. The summed E-state index contributed by atoms with van der Waals surface area (Å²) in [6, 6.07) is 62.8. The van der Waals surface area contributed by atoms with Gasteiger partial charge in [-0.3, -0.25) is 83.0 Å². The van der Waals surface area contributed by atoms with Crippen LogP contribution in [0.1, 0.15) is 104 Å². The number of halogens is 6. The van der Waals surface area contributed by atoms with Gasteiger partial charge in [0.25, 0.3) is 5.91 Å². The monoisotopic (exact) mass is 2250 g/mol. The van der Waals surface area contributed by atoms with E-state index in [9.17, 15) is 52.7 Å². The van der Waals surface area contributed by atoms with Gasteiger partial charge in [-0.1, -0.05) is 227 Å². The van der Waals surface area contributed by atoms with Gasteiger partial charge in [-0.25, -0.2) is 19.4 Å². The maximum absolute atomic E-state index is 13.5. The molecular formula is C97H124BCl4I2N14NaO17S2-. The average molecular weight is 2250 g/mol. The number of carbonyl (C=O) groups excluding carboxylic acids is 11. The number of guanidine groups is 1. The van der Waals surface area contributed by atoms with Crippen LogP contribution in [0.3, 0.4) is 0 Å². The number of alkyl halides is 1. The van der Waals surface area contributed by atoms with Crippen LogP contribution in [0.2, 0.25) is 15.1 Å². The van der Waals surface area contributed by atoms with E-state index in [0.29, 0.717) is 89.4 Å². The smallest absolute Gasteiger partial charge is 1.00 e. The van der Waals surface area contributed by atoms with Crippen LogP contribution in [-0.4, -0.2) is 251 Å². The minimum absolute atomic E-state index is 0. The van der Waals surface area contributed by atoms with E-state index in [1.54, 1.807) is 23.9 Å². The molecule has 7 N–H and O–H groups in total. The minimum atomic E-state index is -0.639. The quantitative estimate of drug-likeness (QED) is 0.00579. The summed E-state index contributed by atoms with van der Waals surface area (Å²) in [6.45, 7) is 18.4. The van der Waals surface area contributed by atoms with Gasteiger partial charge in [0.05, 0.1) is 52.7 Å². The number of hydrogen-bond acceptors (Lipinski definition) is 30. The Labute approximate surface area is 895 Å². The van der Waals surface area contributed by atoms with Crippen molar-refractivity contribution in [1.82, 2.24) is 51.1 Å². The van der Waals surface area contributed by atoms with Crippen LogP contribution in [-0.2, 0) is 116 Å². The van der Waals surface area contributed by atoms with E-state index in [2.05, 4.69) is 151 Å². The number of carbonyl (C=O) groups is 11. The van der Waals surface area contributed by atoms with Gasteiger partial charge in [-0.2, -0.15) is 0 Å². The summed E-state index contributed by atoms with van der Waals surface area (Å²) >= 11 is 26.2. The Bertz CT molecular complexity index is 4910. The van der Waals surface area contributed by atoms with Crippen LogP contribution in [0.4, 0.5) is 0 Å². The average Bonchev–Trinajstić information content (AvgIpc) is 1.68. The zero-order chi connectivity index (χ0) is 98.7. The van der Waals surface area contributed by atoms with Crippen LogP contribution in [0.25, 0.3) is 0 Å². The van der Waals surface area contributed by atoms with Gasteiger partial charge in [0.15, 0.2) is 10.3 Å². The van der Waals surface area contributed by atoms with Crippen molar-refractivity contribution < 1.29 is 136 Å². The molecule has 7 aromatic carbocycles. The molecule has 0 saturated carbocycles. The summed E-state index contributed by atoms with van der Waals surface area (Å²) in [7, 11) is 8.27. The van der Waals surface area contributed by atoms with E-state index in [4.69, 9.17) is 52.8 Å². The van der Waals surface area contributed by atoms with E-state index in [0.717, 1.165) is 166 Å². The molecule has 0 aromatic heterocycles. The van der Waals surface area contributed by atoms with E-state index < -0.39 is 53.6 Å². The molecule has 9 aliphatic rings. The van der Waals surface area contributed by atoms with Gasteiger partial charge in [0.2, 0.25) is 11.9 Å². The Kier molecular flexibility index (Phi) is 66.7. The molecule has 0 aliphatic carbocycles. The fourth-order valence-corrected chi connectivity index (χ4v) is 15.1. The number of esters is 3. The second-order valence-electron chi connectivity index (χ2n) is 30.3. The van der Waals surface area contributed by atoms with Gasteiger partial charge in [0, 0.05) is 192 Å². The molecule has 16 rings (SSSR count). The summed E-state index contributed by atoms with van der Waals surface area (Å²) in [4.78, 5) is 154. The second-order valence-corrected chi connectivity index (χ2v) is 32.8. The maximum atomic E-state index is 13.5. The predicted octanol–water partition coefficient (Wildman–Crippen LogP) is 6.43. The third kappa shape index (κ3) is 49.6. The fourth-order valence-electron chi connectivity index (χ4n) is 13.8. The molecule has 0 spiro atoms. The molecule has 9 heterocycles. The largest absolute Gasteiger partial charge is 1.00 e. The Balaban J connectivity index is 0.000000792. The molecule has 4 fully saturated rings. The summed E-state index contributed by atoms with van der Waals surface area (Å²) in [5.74, 6) is -3.98. The van der Waals surface area contributed by atoms with Gasteiger partial charge >= 0.3 is 59.4 Å². The number of thiocarbonyl (C=S) groups is 1. The van der Waals surface area contributed by atoms with Crippen LogP contribution >= 0.6 is 93.8 Å². The van der Waals surface area contributed by atoms with Crippen molar-refractivity contribution in [2.75, 3.05) is 124 Å². The molecule has 31 nitrogen and oxygen atoms in total. The van der Waals surface area contributed by atoms with Crippen LogP contribution in [0.15, 0.2) is 220 Å². The Morgan fingerprint density at radius 2 is 1.01 bits per heavy atom. The first-order valence-electron chi connectivity index (χ1n) is 43.5. The molecule has 41 heteroatoms.